The molecule has 0 bridgehead atoms. The van der Waals surface area contributed by atoms with E-state index in [4.69, 9.17) is 17.6 Å². The molecule has 4 heterocycles. The molecule has 9 rings (SSSR count). The zero-order chi connectivity index (χ0) is 42.3. The molecule has 0 saturated carbocycles. The van der Waals surface area contributed by atoms with Crippen LogP contribution in [0, 0.1) is 25.8 Å². The average molecular weight is 901 g/mol. The van der Waals surface area contributed by atoms with Crippen LogP contribution in [0.4, 0.5) is 0 Å². The summed E-state index contributed by atoms with van der Waals surface area (Å²) in [5.41, 5.74) is 11.2. The van der Waals surface area contributed by atoms with Crippen molar-refractivity contribution in [2.45, 2.75) is 53.2 Å². The Labute approximate surface area is 344 Å². The number of furan rings is 1. The molecule has 0 fully saturated rings. The Hall–Kier alpha value is -5.68. The van der Waals surface area contributed by atoms with E-state index in [9.17, 15) is 0 Å². The number of hydrogen-bond donors (Lipinski definition) is 0. The van der Waals surface area contributed by atoms with E-state index in [2.05, 4.69) is 96.8 Å². The van der Waals surface area contributed by atoms with Crippen LogP contribution in [0.25, 0.3) is 72.6 Å². The van der Waals surface area contributed by atoms with Gasteiger partial charge in [0.05, 0.1) is 22.4 Å². The first-order chi connectivity index (χ1) is 28.7. The van der Waals surface area contributed by atoms with E-state index in [1.807, 2.05) is 54.6 Å². The summed E-state index contributed by atoms with van der Waals surface area (Å²) in [5.74, 6) is 1.17. The number of aromatic nitrogens is 4. The average Bonchev–Trinajstić information content (AvgIpc) is 3.82. The number of imidazole rings is 1. The van der Waals surface area contributed by atoms with E-state index < -0.39 is 13.7 Å². The first-order valence-electron chi connectivity index (χ1n) is 21.1. The number of pyridine rings is 2. The van der Waals surface area contributed by atoms with Crippen molar-refractivity contribution in [3.8, 4) is 39.5 Å². The normalized spacial score (nSPS) is 13.3. The maximum Gasteiger partial charge on any atom is 0.216 e. The fourth-order valence-corrected chi connectivity index (χ4v) is 6.93. The van der Waals surface area contributed by atoms with Crippen LogP contribution >= 0.6 is 0 Å². The van der Waals surface area contributed by atoms with Gasteiger partial charge in [-0.15, -0.1) is 54.1 Å². The Kier molecular flexibility index (Phi) is 8.89. The van der Waals surface area contributed by atoms with Crippen LogP contribution < -0.4 is 0 Å². The molecule has 0 aliphatic carbocycles. The molecule has 6 heteroatoms. The van der Waals surface area contributed by atoms with Crippen molar-refractivity contribution < 1.29 is 32.7 Å². The zero-order valence-electron chi connectivity index (χ0n) is 36.9. The first-order valence-corrected chi connectivity index (χ1v) is 18.1. The van der Waals surface area contributed by atoms with Gasteiger partial charge in [0.1, 0.15) is 0 Å². The molecule has 55 heavy (non-hydrogen) atoms. The molecule has 0 amide bonds. The smallest absolute Gasteiger partial charge is 0.216 e. The summed E-state index contributed by atoms with van der Waals surface area (Å²) >= 11 is 0. The predicted molar refractivity (Wildman–Crippen MR) is 222 cm³/mol. The molecule has 0 N–H and O–H groups in total. The number of fused-ring (bicyclic) bond motifs is 4. The second kappa shape index (κ2) is 16.0. The van der Waals surface area contributed by atoms with Crippen LogP contribution in [0.5, 0.6) is 0 Å². The summed E-state index contributed by atoms with van der Waals surface area (Å²) in [5, 5.41) is 1.59. The molecule has 275 valence electrons. The van der Waals surface area contributed by atoms with E-state index in [1.165, 1.54) is 28.5 Å². The van der Waals surface area contributed by atoms with E-state index in [0.717, 1.165) is 38.8 Å². The SMILES string of the molecule is [2H]C([2H])([2H])c1ccc(-c2[c-]cccc2)nc1.[2H]C([2H])([2H])c1ccc2c(n1)oc1c(-c3nc4ccccc4n3-c3c(C(C)C)cc(-c4ccccc4)cc3C(C)C)[c-]ccc12.[Ir]. The molecule has 9 aromatic rings. The Bertz CT molecular complexity index is 2930. The number of benzene rings is 5. The van der Waals surface area contributed by atoms with Gasteiger partial charge in [0.25, 0.3) is 0 Å². The molecule has 1 radical (unpaired) electrons. The summed E-state index contributed by atoms with van der Waals surface area (Å²) in [6, 6.07) is 47.6. The van der Waals surface area contributed by atoms with Crippen molar-refractivity contribution >= 4 is 33.1 Å². The van der Waals surface area contributed by atoms with Gasteiger partial charge < -0.3 is 14.0 Å². The summed E-state index contributed by atoms with van der Waals surface area (Å²) in [6.45, 7) is 4.51. The summed E-state index contributed by atoms with van der Waals surface area (Å²) in [7, 11) is 0. The van der Waals surface area contributed by atoms with Crippen LogP contribution in [-0.2, 0) is 20.1 Å². The van der Waals surface area contributed by atoms with Gasteiger partial charge in [-0.3, -0.25) is 4.98 Å². The quantitative estimate of drug-likeness (QED) is 0.156. The number of rotatable bonds is 6. The molecule has 0 aliphatic heterocycles. The van der Waals surface area contributed by atoms with Gasteiger partial charge in [-0.1, -0.05) is 93.2 Å². The molecule has 4 aromatic heterocycles. The van der Waals surface area contributed by atoms with Crippen molar-refractivity contribution in [2.75, 3.05) is 0 Å². The Morgan fingerprint density at radius 1 is 0.691 bits per heavy atom. The van der Waals surface area contributed by atoms with Gasteiger partial charge in [-0.05, 0) is 95.4 Å². The molecule has 5 aromatic carbocycles. The minimum Gasteiger partial charge on any atom is -0.486 e. The first kappa shape index (κ1) is 30.6. The number of nitrogens with zero attached hydrogens (tertiary/aromatic N) is 4. The van der Waals surface area contributed by atoms with Crippen LogP contribution in [0.3, 0.4) is 0 Å². The standard InChI is InChI=1S/C37H32N3O.C12H10N.Ir/c1-22(2)30-20-26(25-12-7-6-8-13-25)21-31(23(3)4)34(30)40-33-17-10-9-16-32(33)39-36(40)29-15-11-14-27-28-19-18-24(5)38-37(28)41-35(27)29;1-10-7-8-12(13-9-10)11-5-3-2-4-6-11;/h6-14,16-23H,1-5H3;2-5,7-9H,1H3;/q2*-1;/i5D3;1D3;. The fraction of sp³-hybridized carbons (Fsp3) is 0.163. The molecule has 0 aliphatic rings. The minimum atomic E-state index is -2.33. The maximum atomic E-state index is 7.83. The van der Waals surface area contributed by atoms with E-state index in [1.54, 1.807) is 30.3 Å². The van der Waals surface area contributed by atoms with Crippen LogP contribution in [0.2, 0.25) is 0 Å². The van der Waals surface area contributed by atoms with E-state index >= 15 is 0 Å². The number of para-hydroxylation sites is 2. The van der Waals surface area contributed by atoms with Gasteiger partial charge in [0.15, 0.2) is 0 Å². The molecular formula is C49H42IrN4O-2. The molecular weight excluding hydrogens is 853 g/mol. The van der Waals surface area contributed by atoms with Gasteiger partial charge in [0, 0.05) is 51.3 Å². The van der Waals surface area contributed by atoms with Crippen molar-refractivity contribution in [3.63, 3.8) is 0 Å². The van der Waals surface area contributed by atoms with Crippen molar-refractivity contribution in [1.82, 2.24) is 19.5 Å². The van der Waals surface area contributed by atoms with Gasteiger partial charge >= 0.3 is 0 Å². The second-order valence-electron chi connectivity index (χ2n) is 13.9. The van der Waals surface area contributed by atoms with Crippen molar-refractivity contribution in [3.05, 3.63) is 168 Å². The third-order valence-electron chi connectivity index (χ3n) is 9.58. The third-order valence-corrected chi connectivity index (χ3v) is 9.58. The molecule has 0 unspecified atom stereocenters. The van der Waals surface area contributed by atoms with Crippen molar-refractivity contribution in [1.29, 1.82) is 0 Å². The maximum absolute atomic E-state index is 7.83. The second-order valence-corrected chi connectivity index (χ2v) is 13.9. The van der Waals surface area contributed by atoms with E-state index in [-0.39, 0.29) is 48.9 Å². The molecule has 0 saturated heterocycles. The monoisotopic (exact) mass is 901 g/mol. The van der Waals surface area contributed by atoms with Crippen molar-refractivity contribution in [2.24, 2.45) is 0 Å². The van der Waals surface area contributed by atoms with Gasteiger partial charge in [-0.2, -0.15) is 0 Å². The van der Waals surface area contributed by atoms with E-state index in [0.29, 0.717) is 17.0 Å². The van der Waals surface area contributed by atoms with Crippen LogP contribution in [0.15, 0.2) is 138 Å². The zero-order valence-corrected chi connectivity index (χ0v) is 33.3. The topological polar surface area (TPSA) is 56.7 Å². The summed E-state index contributed by atoms with van der Waals surface area (Å²) in [4.78, 5) is 13.7. The van der Waals surface area contributed by atoms with Crippen LogP contribution in [-0.4, -0.2) is 19.5 Å². The molecule has 0 atom stereocenters. The third kappa shape index (κ3) is 7.41. The summed E-state index contributed by atoms with van der Waals surface area (Å²) < 4.78 is 53.8. The Morgan fingerprint density at radius 2 is 1.45 bits per heavy atom. The van der Waals surface area contributed by atoms with Crippen LogP contribution in [0.1, 0.15) is 70.1 Å². The largest absolute Gasteiger partial charge is 0.486 e. The number of hydrogen-bond acceptors (Lipinski definition) is 4. The number of aryl methyl sites for hydroxylation is 2. The molecule has 5 nitrogen and oxygen atoms in total. The molecule has 0 spiro atoms. The summed E-state index contributed by atoms with van der Waals surface area (Å²) in [6.07, 6.45) is 1.39. The fourth-order valence-electron chi connectivity index (χ4n) is 6.93. The Morgan fingerprint density at radius 3 is 2.15 bits per heavy atom. The van der Waals surface area contributed by atoms with Gasteiger partial charge in [0.2, 0.25) is 5.71 Å². The predicted octanol–water partition coefficient (Wildman–Crippen LogP) is 12.9. The minimum absolute atomic E-state index is 0. The Balaban J connectivity index is 0.000000278. The van der Waals surface area contributed by atoms with Gasteiger partial charge in [-0.25, -0.2) is 4.98 Å².